The normalized spacial score (nSPS) is 9.44. The molecule has 1 heterocycles. The van der Waals surface area contributed by atoms with Gasteiger partial charge in [-0.3, -0.25) is 0 Å². The molecular weight excluding hydrogens is 204 g/mol. The van der Waals surface area contributed by atoms with Gasteiger partial charge in [-0.25, -0.2) is 0 Å². The standard InChI is InChI=1S/C11H8N4O/c12-7-8-1-3-9(4-2-8)16-11-6-5-10(13)14-15-11/h1-6H,(H2,13,14). The quantitative estimate of drug-likeness (QED) is 0.819. The van der Waals surface area contributed by atoms with Crippen molar-refractivity contribution in [2.45, 2.75) is 0 Å². The van der Waals surface area contributed by atoms with E-state index in [4.69, 9.17) is 15.7 Å². The van der Waals surface area contributed by atoms with Crippen LogP contribution < -0.4 is 10.5 Å². The van der Waals surface area contributed by atoms with Crippen LogP contribution in [0.5, 0.6) is 11.6 Å². The number of nitrogens with two attached hydrogens (primary N) is 1. The summed E-state index contributed by atoms with van der Waals surface area (Å²) in [5.74, 6) is 1.30. The molecule has 0 unspecified atom stereocenters. The fourth-order valence-electron chi connectivity index (χ4n) is 1.10. The Kier molecular flexibility index (Phi) is 2.65. The third-order valence-electron chi connectivity index (χ3n) is 1.87. The zero-order valence-corrected chi connectivity index (χ0v) is 8.29. The Morgan fingerprint density at radius 1 is 1.06 bits per heavy atom. The summed E-state index contributed by atoms with van der Waals surface area (Å²) in [5.41, 5.74) is 5.97. The number of benzene rings is 1. The number of anilines is 1. The first-order chi connectivity index (χ1) is 7.78. The summed E-state index contributed by atoms with van der Waals surface area (Å²) >= 11 is 0. The van der Waals surface area contributed by atoms with E-state index in [0.717, 1.165) is 0 Å². The maximum atomic E-state index is 8.62. The van der Waals surface area contributed by atoms with Crippen LogP contribution in [-0.4, -0.2) is 10.2 Å². The molecule has 0 saturated heterocycles. The van der Waals surface area contributed by atoms with Crippen LogP contribution in [0.15, 0.2) is 36.4 Å². The predicted octanol–water partition coefficient (Wildman–Crippen LogP) is 1.72. The summed E-state index contributed by atoms with van der Waals surface area (Å²) in [5, 5.41) is 16.0. The number of nitrogen functional groups attached to an aromatic ring is 1. The second kappa shape index (κ2) is 4.28. The summed E-state index contributed by atoms with van der Waals surface area (Å²) in [6, 6.07) is 12.0. The van der Waals surface area contributed by atoms with Crippen molar-refractivity contribution in [3.05, 3.63) is 42.0 Å². The van der Waals surface area contributed by atoms with E-state index in [1.165, 1.54) is 0 Å². The van der Waals surface area contributed by atoms with Crippen molar-refractivity contribution in [2.24, 2.45) is 0 Å². The van der Waals surface area contributed by atoms with Gasteiger partial charge in [0.15, 0.2) is 0 Å². The molecule has 2 rings (SSSR count). The Labute approximate surface area is 92.1 Å². The van der Waals surface area contributed by atoms with Crippen LogP contribution in [0.25, 0.3) is 0 Å². The molecule has 0 aliphatic heterocycles. The maximum Gasteiger partial charge on any atom is 0.238 e. The van der Waals surface area contributed by atoms with Crippen molar-refractivity contribution in [2.75, 3.05) is 5.73 Å². The molecule has 0 spiro atoms. The van der Waals surface area contributed by atoms with Gasteiger partial charge in [0.05, 0.1) is 11.6 Å². The first-order valence-corrected chi connectivity index (χ1v) is 4.55. The highest BCUT2D eigenvalue weighted by atomic mass is 16.5. The summed E-state index contributed by atoms with van der Waals surface area (Å²) in [7, 11) is 0. The van der Waals surface area contributed by atoms with Gasteiger partial charge >= 0.3 is 0 Å². The van der Waals surface area contributed by atoms with Crippen molar-refractivity contribution >= 4 is 5.82 Å². The second-order valence-corrected chi connectivity index (χ2v) is 3.03. The predicted molar refractivity (Wildman–Crippen MR) is 57.7 cm³/mol. The van der Waals surface area contributed by atoms with Gasteiger partial charge < -0.3 is 10.5 Å². The van der Waals surface area contributed by atoms with E-state index in [0.29, 0.717) is 23.0 Å². The van der Waals surface area contributed by atoms with Crippen molar-refractivity contribution in [3.8, 4) is 17.7 Å². The molecule has 78 valence electrons. The minimum Gasteiger partial charge on any atom is -0.438 e. The highest BCUT2D eigenvalue weighted by Crippen LogP contribution is 2.19. The third-order valence-corrected chi connectivity index (χ3v) is 1.87. The first-order valence-electron chi connectivity index (χ1n) is 4.55. The lowest BCUT2D eigenvalue weighted by molar-refractivity contribution is 0.455. The molecule has 0 amide bonds. The van der Waals surface area contributed by atoms with Crippen LogP contribution in [0.3, 0.4) is 0 Å². The Balaban J connectivity index is 2.15. The number of ether oxygens (including phenoxy) is 1. The fourth-order valence-corrected chi connectivity index (χ4v) is 1.10. The molecule has 0 bridgehead atoms. The first kappa shape index (κ1) is 9.93. The van der Waals surface area contributed by atoms with Crippen molar-refractivity contribution in [3.63, 3.8) is 0 Å². The Morgan fingerprint density at radius 2 is 1.81 bits per heavy atom. The van der Waals surface area contributed by atoms with Crippen LogP contribution in [0.4, 0.5) is 5.82 Å². The molecule has 0 radical (unpaired) electrons. The highest BCUT2D eigenvalue weighted by molar-refractivity contribution is 5.36. The zero-order valence-electron chi connectivity index (χ0n) is 8.29. The smallest absolute Gasteiger partial charge is 0.238 e. The summed E-state index contributed by atoms with van der Waals surface area (Å²) in [4.78, 5) is 0. The molecular formula is C11H8N4O. The zero-order chi connectivity index (χ0) is 11.4. The number of nitriles is 1. The monoisotopic (exact) mass is 212 g/mol. The van der Waals surface area contributed by atoms with Crippen LogP contribution in [0.1, 0.15) is 5.56 Å². The molecule has 5 heteroatoms. The van der Waals surface area contributed by atoms with Gasteiger partial charge in [-0.1, -0.05) is 0 Å². The summed E-state index contributed by atoms with van der Waals surface area (Å²) in [6.45, 7) is 0. The third kappa shape index (κ3) is 2.25. The number of aromatic nitrogens is 2. The van der Waals surface area contributed by atoms with Crippen LogP contribution >= 0.6 is 0 Å². The summed E-state index contributed by atoms with van der Waals surface area (Å²) in [6.07, 6.45) is 0. The molecule has 0 fully saturated rings. The molecule has 0 aliphatic carbocycles. The highest BCUT2D eigenvalue weighted by Gasteiger charge is 1.99. The lowest BCUT2D eigenvalue weighted by atomic mass is 10.2. The Morgan fingerprint density at radius 3 is 2.38 bits per heavy atom. The number of rotatable bonds is 2. The minimum absolute atomic E-state index is 0.340. The number of hydrogen-bond donors (Lipinski definition) is 1. The average molecular weight is 212 g/mol. The van der Waals surface area contributed by atoms with E-state index in [1.807, 2.05) is 6.07 Å². The largest absolute Gasteiger partial charge is 0.438 e. The van der Waals surface area contributed by atoms with E-state index >= 15 is 0 Å². The van der Waals surface area contributed by atoms with Gasteiger partial charge in [-0.15, -0.1) is 10.2 Å². The number of nitrogens with zero attached hydrogens (tertiary/aromatic N) is 3. The second-order valence-electron chi connectivity index (χ2n) is 3.03. The van der Waals surface area contributed by atoms with Gasteiger partial charge in [0, 0.05) is 6.07 Å². The molecule has 1 aromatic heterocycles. The molecule has 2 N–H and O–H groups in total. The van der Waals surface area contributed by atoms with Crippen LogP contribution in [-0.2, 0) is 0 Å². The van der Waals surface area contributed by atoms with Gasteiger partial charge in [0.1, 0.15) is 11.6 Å². The topological polar surface area (TPSA) is 84.8 Å². The SMILES string of the molecule is N#Cc1ccc(Oc2ccc(N)nn2)cc1. The van der Waals surface area contributed by atoms with Crippen molar-refractivity contribution < 1.29 is 4.74 Å². The van der Waals surface area contributed by atoms with E-state index in [2.05, 4.69) is 10.2 Å². The molecule has 0 atom stereocenters. The number of hydrogen-bond acceptors (Lipinski definition) is 5. The van der Waals surface area contributed by atoms with E-state index in [-0.39, 0.29) is 0 Å². The summed E-state index contributed by atoms with van der Waals surface area (Å²) < 4.78 is 5.39. The van der Waals surface area contributed by atoms with E-state index in [1.54, 1.807) is 36.4 Å². The molecule has 2 aromatic rings. The van der Waals surface area contributed by atoms with Gasteiger partial charge in [0.25, 0.3) is 0 Å². The maximum absolute atomic E-state index is 8.62. The van der Waals surface area contributed by atoms with Gasteiger partial charge in [-0.2, -0.15) is 5.26 Å². The Bertz CT molecular complexity index is 513. The minimum atomic E-state index is 0.340. The molecule has 16 heavy (non-hydrogen) atoms. The average Bonchev–Trinajstić information content (AvgIpc) is 2.33. The fraction of sp³-hybridized carbons (Fsp3) is 0. The van der Waals surface area contributed by atoms with E-state index < -0.39 is 0 Å². The van der Waals surface area contributed by atoms with Gasteiger partial charge in [0.2, 0.25) is 5.88 Å². The van der Waals surface area contributed by atoms with Crippen molar-refractivity contribution in [1.82, 2.24) is 10.2 Å². The van der Waals surface area contributed by atoms with Crippen molar-refractivity contribution in [1.29, 1.82) is 5.26 Å². The lowest BCUT2D eigenvalue weighted by Gasteiger charge is -2.03. The van der Waals surface area contributed by atoms with Crippen LogP contribution in [0, 0.1) is 11.3 Å². The Hall–Kier alpha value is -2.61. The molecule has 0 saturated carbocycles. The lowest BCUT2D eigenvalue weighted by Crippen LogP contribution is -1.94. The van der Waals surface area contributed by atoms with Gasteiger partial charge in [-0.05, 0) is 30.3 Å². The molecule has 1 aromatic carbocycles. The van der Waals surface area contributed by atoms with Crippen LogP contribution in [0.2, 0.25) is 0 Å². The molecule has 0 aliphatic rings. The molecule has 5 nitrogen and oxygen atoms in total. The van der Waals surface area contributed by atoms with E-state index in [9.17, 15) is 0 Å².